The summed E-state index contributed by atoms with van der Waals surface area (Å²) in [6.07, 6.45) is 6.30. The Bertz CT molecular complexity index is 455. The van der Waals surface area contributed by atoms with Crippen molar-refractivity contribution in [3.8, 4) is 0 Å². The Labute approximate surface area is 120 Å². The maximum Gasteiger partial charge on any atom is 0.123 e. The zero-order chi connectivity index (χ0) is 14.2. The van der Waals surface area contributed by atoms with E-state index in [-0.39, 0.29) is 12.4 Å². The highest BCUT2D eigenvalue weighted by Gasteiger charge is 2.43. The number of aliphatic hydroxyl groups excluding tert-OH is 1. The Morgan fingerprint density at radius 3 is 2.45 bits per heavy atom. The minimum absolute atomic E-state index is 0.0447. The quantitative estimate of drug-likeness (QED) is 0.869. The molecule has 2 aliphatic rings. The van der Waals surface area contributed by atoms with Crippen molar-refractivity contribution in [2.45, 2.75) is 37.5 Å². The summed E-state index contributed by atoms with van der Waals surface area (Å²) in [5, 5.41) is 9.96. The predicted octanol–water partition coefficient (Wildman–Crippen LogP) is 2.84. The molecule has 2 fully saturated rings. The van der Waals surface area contributed by atoms with Crippen molar-refractivity contribution in [1.29, 1.82) is 0 Å². The van der Waals surface area contributed by atoms with Crippen LogP contribution < -0.4 is 5.73 Å². The molecule has 0 spiro atoms. The number of benzene rings is 1. The monoisotopic (exact) mass is 277 g/mol. The van der Waals surface area contributed by atoms with Crippen molar-refractivity contribution in [1.82, 2.24) is 0 Å². The molecular weight excluding hydrogens is 253 g/mol. The molecule has 2 aliphatic carbocycles. The summed E-state index contributed by atoms with van der Waals surface area (Å²) in [5.74, 6) is 2.15. The van der Waals surface area contributed by atoms with Gasteiger partial charge in [-0.25, -0.2) is 4.39 Å². The van der Waals surface area contributed by atoms with Crippen LogP contribution in [0.2, 0.25) is 0 Å². The van der Waals surface area contributed by atoms with Crippen LogP contribution in [0.3, 0.4) is 0 Å². The fourth-order valence-corrected chi connectivity index (χ4v) is 4.47. The summed E-state index contributed by atoms with van der Waals surface area (Å²) >= 11 is 0. The second-order valence-corrected chi connectivity index (χ2v) is 6.79. The van der Waals surface area contributed by atoms with Crippen molar-refractivity contribution < 1.29 is 9.50 Å². The Balaban J connectivity index is 1.82. The number of nitrogens with two attached hydrogens (primary N) is 1. The number of fused-ring (bicyclic) bond motifs is 2. The number of rotatable bonds is 5. The highest BCUT2D eigenvalue weighted by Crippen LogP contribution is 2.52. The lowest BCUT2D eigenvalue weighted by Gasteiger charge is -2.36. The van der Waals surface area contributed by atoms with Gasteiger partial charge in [-0.3, -0.25) is 0 Å². The van der Waals surface area contributed by atoms with Gasteiger partial charge in [0.2, 0.25) is 0 Å². The lowest BCUT2D eigenvalue weighted by Crippen LogP contribution is -2.41. The van der Waals surface area contributed by atoms with Gasteiger partial charge in [-0.1, -0.05) is 18.6 Å². The highest BCUT2D eigenvalue weighted by atomic mass is 19.1. The van der Waals surface area contributed by atoms with E-state index in [0.717, 1.165) is 23.8 Å². The second kappa shape index (κ2) is 5.45. The average Bonchev–Trinajstić information content (AvgIpc) is 3.08. The molecule has 3 N–H and O–H groups in total. The first-order valence-corrected chi connectivity index (χ1v) is 7.74. The van der Waals surface area contributed by atoms with E-state index < -0.39 is 5.41 Å². The Morgan fingerprint density at radius 2 is 1.95 bits per heavy atom. The molecule has 4 unspecified atom stereocenters. The van der Waals surface area contributed by atoms with Crippen LogP contribution in [0.5, 0.6) is 0 Å². The molecule has 0 aliphatic heterocycles. The lowest BCUT2D eigenvalue weighted by atomic mass is 9.70. The maximum atomic E-state index is 13.1. The van der Waals surface area contributed by atoms with Gasteiger partial charge in [-0.2, -0.15) is 0 Å². The molecule has 2 saturated carbocycles. The highest BCUT2D eigenvalue weighted by molar-refractivity contribution is 5.27. The summed E-state index contributed by atoms with van der Waals surface area (Å²) in [6, 6.07) is 6.50. The number of halogens is 1. The van der Waals surface area contributed by atoms with Crippen LogP contribution >= 0.6 is 0 Å². The molecule has 1 aromatic carbocycles. The van der Waals surface area contributed by atoms with Gasteiger partial charge in [0.25, 0.3) is 0 Å². The SMILES string of the molecule is NCC(CO)(CC1CC2CCC1C2)c1ccc(F)cc1. The first-order chi connectivity index (χ1) is 9.66. The van der Waals surface area contributed by atoms with E-state index in [1.54, 1.807) is 12.1 Å². The zero-order valence-corrected chi connectivity index (χ0v) is 11.9. The smallest absolute Gasteiger partial charge is 0.123 e. The largest absolute Gasteiger partial charge is 0.395 e. The lowest BCUT2D eigenvalue weighted by molar-refractivity contribution is 0.150. The number of hydrogen-bond acceptors (Lipinski definition) is 2. The Kier molecular flexibility index (Phi) is 3.83. The standard InChI is InChI=1S/C17H24FNO/c18-16-5-3-15(4-6-16)17(10-19,11-20)9-14-8-12-1-2-13(14)7-12/h3-6,12-14,20H,1-2,7-11,19H2. The van der Waals surface area contributed by atoms with Crippen molar-refractivity contribution in [2.24, 2.45) is 23.5 Å². The summed E-state index contributed by atoms with van der Waals surface area (Å²) in [5.41, 5.74) is 6.59. The van der Waals surface area contributed by atoms with Crippen LogP contribution in [0, 0.1) is 23.6 Å². The third-order valence-electron chi connectivity index (χ3n) is 5.69. The van der Waals surface area contributed by atoms with Gasteiger partial charge in [-0.15, -0.1) is 0 Å². The molecule has 0 radical (unpaired) electrons. The van der Waals surface area contributed by atoms with Gasteiger partial charge in [0.15, 0.2) is 0 Å². The normalized spacial score (nSPS) is 31.4. The summed E-state index contributed by atoms with van der Waals surface area (Å²) < 4.78 is 13.1. The maximum absolute atomic E-state index is 13.1. The molecule has 0 saturated heterocycles. The summed E-state index contributed by atoms with van der Waals surface area (Å²) in [4.78, 5) is 0. The molecular formula is C17H24FNO. The fraction of sp³-hybridized carbons (Fsp3) is 0.647. The molecule has 4 atom stereocenters. The molecule has 0 aromatic heterocycles. The van der Waals surface area contributed by atoms with Gasteiger partial charge in [0.1, 0.15) is 5.82 Å². The Hall–Kier alpha value is -0.930. The molecule has 0 heterocycles. The minimum atomic E-state index is -0.400. The third-order valence-corrected chi connectivity index (χ3v) is 5.69. The summed E-state index contributed by atoms with van der Waals surface area (Å²) in [6.45, 7) is 0.464. The molecule has 2 bridgehead atoms. The van der Waals surface area contributed by atoms with E-state index in [9.17, 15) is 9.50 Å². The molecule has 1 aromatic rings. The summed E-state index contributed by atoms with van der Waals surface area (Å²) in [7, 11) is 0. The number of hydrogen-bond donors (Lipinski definition) is 2. The van der Waals surface area contributed by atoms with Gasteiger partial charge in [0.05, 0.1) is 6.61 Å². The van der Waals surface area contributed by atoms with Gasteiger partial charge < -0.3 is 10.8 Å². The van der Waals surface area contributed by atoms with E-state index >= 15 is 0 Å². The predicted molar refractivity (Wildman–Crippen MR) is 77.8 cm³/mol. The van der Waals surface area contributed by atoms with Gasteiger partial charge >= 0.3 is 0 Å². The molecule has 3 heteroatoms. The van der Waals surface area contributed by atoms with E-state index in [2.05, 4.69) is 0 Å². The zero-order valence-electron chi connectivity index (χ0n) is 11.9. The van der Waals surface area contributed by atoms with E-state index in [1.807, 2.05) is 0 Å². The molecule has 3 rings (SSSR count). The van der Waals surface area contributed by atoms with Crippen molar-refractivity contribution >= 4 is 0 Å². The molecule has 110 valence electrons. The average molecular weight is 277 g/mol. The topological polar surface area (TPSA) is 46.2 Å². The van der Waals surface area contributed by atoms with Crippen LogP contribution in [0.1, 0.15) is 37.7 Å². The first kappa shape index (κ1) is 14.0. The van der Waals surface area contributed by atoms with Crippen LogP contribution in [-0.4, -0.2) is 18.3 Å². The van der Waals surface area contributed by atoms with Crippen LogP contribution in [-0.2, 0) is 5.41 Å². The molecule has 0 amide bonds. The van der Waals surface area contributed by atoms with Crippen molar-refractivity contribution in [2.75, 3.05) is 13.2 Å². The van der Waals surface area contributed by atoms with E-state index in [0.29, 0.717) is 12.5 Å². The van der Waals surface area contributed by atoms with Crippen LogP contribution in [0.25, 0.3) is 0 Å². The van der Waals surface area contributed by atoms with Crippen molar-refractivity contribution in [3.63, 3.8) is 0 Å². The molecule has 2 nitrogen and oxygen atoms in total. The second-order valence-electron chi connectivity index (χ2n) is 6.79. The third kappa shape index (κ3) is 2.38. The van der Waals surface area contributed by atoms with Crippen molar-refractivity contribution in [3.05, 3.63) is 35.6 Å². The molecule has 20 heavy (non-hydrogen) atoms. The van der Waals surface area contributed by atoms with Gasteiger partial charge in [0, 0.05) is 12.0 Å². The van der Waals surface area contributed by atoms with E-state index in [1.165, 1.54) is 37.8 Å². The Morgan fingerprint density at radius 1 is 1.20 bits per heavy atom. The fourth-order valence-electron chi connectivity index (χ4n) is 4.47. The number of aliphatic hydroxyl groups is 1. The van der Waals surface area contributed by atoms with Gasteiger partial charge in [-0.05, 0) is 61.1 Å². The minimum Gasteiger partial charge on any atom is -0.395 e. The van der Waals surface area contributed by atoms with Crippen LogP contribution in [0.4, 0.5) is 4.39 Å². The first-order valence-electron chi connectivity index (χ1n) is 7.74. The van der Waals surface area contributed by atoms with Crippen LogP contribution in [0.15, 0.2) is 24.3 Å². The van der Waals surface area contributed by atoms with E-state index in [4.69, 9.17) is 5.73 Å².